The molecule has 0 saturated heterocycles. The first-order valence-electron chi connectivity index (χ1n) is 6.29. The molecule has 0 saturated carbocycles. The van der Waals surface area contributed by atoms with Gasteiger partial charge in [0.2, 0.25) is 0 Å². The van der Waals surface area contributed by atoms with E-state index in [1.807, 2.05) is 19.1 Å². The van der Waals surface area contributed by atoms with Crippen molar-refractivity contribution >= 4 is 5.69 Å². The lowest BCUT2D eigenvalue weighted by molar-refractivity contribution is 0.185. The minimum absolute atomic E-state index is 0.328. The number of rotatable bonds is 5. The number of aromatic hydroxyl groups is 1. The predicted molar refractivity (Wildman–Crippen MR) is 77.3 cm³/mol. The zero-order valence-corrected chi connectivity index (χ0v) is 11.3. The van der Waals surface area contributed by atoms with Gasteiger partial charge < -0.3 is 15.2 Å². The molecule has 0 radical (unpaired) electrons. The molecule has 0 aliphatic carbocycles. The van der Waals surface area contributed by atoms with Crippen LogP contribution in [0.2, 0.25) is 0 Å². The molecule has 0 spiro atoms. The van der Waals surface area contributed by atoms with Crippen molar-refractivity contribution in [3.63, 3.8) is 0 Å². The third kappa shape index (κ3) is 3.73. The zero-order chi connectivity index (χ0) is 13.7. The quantitative estimate of drug-likeness (QED) is 0.806. The van der Waals surface area contributed by atoms with Gasteiger partial charge in [-0.15, -0.1) is 0 Å². The average molecular weight is 257 g/mol. The Morgan fingerprint density at radius 3 is 2.37 bits per heavy atom. The molecule has 2 aromatic rings. The summed E-state index contributed by atoms with van der Waals surface area (Å²) in [7, 11) is 1.70. The van der Waals surface area contributed by atoms with E-state index in [-0.39, 0.29) is 0 Å². The Hall–Kier alpha value is -2.00. The number of aryl methyl sites for hydroxylation is 1. The topological polar surface area (TPSA) is 41.5 Å². The van der Waals surface area contributed by atoms with E-state index in [0.29, 0.717) is 12.4 Å². The summed E-state index contributed by atoms with van der Waals surface area (Å²) in [6, 6.07) is 13.9. The van der Waals surface area contributed by atoms with E-state index in [0.717, 1.165) is 17.8 Å². The molecule has 0 unspecified atom stereocenters. The highest BCUT2D eigenvalue weighted by Gasteiger charge is 1.99. The van der Waals surface area contributed by atoms with Crippen molar-refractivity contribution < 1.29 is 9.84 Å². The number of anilines is 1. The number of methoxy groups -OCH3 is 1. The molecule has 2 N–H and O–H groups in total. The van der Waals surface area contributed by atoms with Gasteiger partial charge in [-0.1, -0.05) is 24.3 Å². The van der Waals surface area contributed by atoms with Crippen LogP contribution in [0.3, 0.4) is 0 Å². The maximum absolute atomic E-state index is 9.47. The van der Waals surface area contributed by atoms with Crippen molar-refractivity contribution in [3.8, 4) is 5.75 Å². The summed E-state index contributed by atoms with van der Waals surface area (Å²) in [6.07, 6.45) is 0. The van der Waals surface area contributed by atoms with Gasteiger partial charge >= 0.3 is 0 Å². The second-order valence-electron chi connectivity index (χ2n) is 4.60. The SMILES string of the molecule is COCc1ccc(CNc2ccc(O)c(C)c2)cc1. The van der Waals surface area contributed by atoms with E-state index in [1.165, 1.54) is 11.1 Å². The van der Waals surface area contributed by atoms with Crippen LogP contribution in [0.5, 0.6) is 5.75 Å². The zero-order valence-electron chi connectivity index (χ0n) is 11.3. The van der Waals surface area contributed by atoms with Gasteiger partial charge in [0.05, 0.1) is 6.61 Å². The lowest BCUT2D eigenvalue weighted by Crippen LogP contribution is -1.99. The summed E-state index contributed by atoms with van der Waals surface area (Å²) in [5.74, 6) is 0.328. The summed E-state index contributed by atoms with van der Waals surface area (Å²) in [5.41, 5.74) is 4.27. The Bertz CT molecular complexity index is 535. The molecular formula is C16H19NO2. The average Bonchev–Trinajstić information content (AvgIpc) is 2.42. The molecule has 0 heterocycles. The summed E-state index contributed by atoms with van der Waals surface area (Å²) in [4.78, 5) is 0. The fraction of sp³-hybridized carbons (Fsp3) is 0.250. The van der Waals surface area contributed by atoms with Gasteiger partial charge in [0.25, 0.3) is 0 Å². The second-order valence-corrected chi connectivity index (χ2v) is 4.60. The lowest BCUT2D eigenvalue weighted by atomic mass is 10.1. The van der Waals surface area contributed by atoms with Gasteiger partial charge in [0.1, 0.15) is 5.75 Å². The lowest BCUT2D eigenvalue weighted by Gasteiger charge is -2.09. The largest absolute Gasteiger partial charge is 0.508 e. The molecular weight excluding hydrogens is 238 g/mol. The summed E-state index contributed by atoms with van der Waals surface area (Å²) >= 11 is 0. The molecule has 0 bridgehead atoms. The molecule has 0 aliphatic heterocycles. The molecule has 0 aliphatic rings. The van der Waals surface area contributed by atoms with E-state index < -0.39 is 0 Å². The van der Waals surface area contributed by atoms with Crippen molar-refractivity contribution in [2.75, 3.05) is 12.4 Å². The van der Waals surface area contributed by atoms with E-state index in [1.54, 1.807) is 13.2 Å². The van der Waals surface area contributed by atoms with Crippen LogP contribution in [-0.4, -0.2) is 12.2 Å². The number of phenolic OH excluding ortho intramolecular Hbond substituents is 1. The summed E-state index contributed by atoms with van der Waals surface area (Å²) < 4.78 is 5.08. The second kappa shape index (κ2) is 6.25. The Balaban J connectivity index is 1.96. The van der Waals surface area contributed by atoms with E-state index in [9.17, 15) is 5.11 Å². The third-order valence-electron chi connectivity index (χ3n) is 3.03. The minimum Gasteiger partial charge on any atom is -0.508 e. The van der Waals surface area contributed by atoms with E-state index in [4.69, 9.17) is 4.74 Å². The van der Waals surface area contributed by atoms with Crippen LogP contribution in [0.25, 0.3) is 0 Å². The van der Waals surface area contributed by atoms with Crippen LogP contribution in [0, 0.1) is 6.92 Å². The highest BCUT2D eigenvalue weighted by atomic mass is 16.5. The van der Waals surface area contributed by atoms with Crippen molar-refractivity contribution in [1.29, 1.82) is 0 Å². The van der Waals surface area contributed by atoms with Crippen LogP contribution in [-0.2, 0) is 17.9 Å². The van der Waals surface area contributed by atoms with Crippen LogP contribution in [0.15, 0.2) is 42.5 Å². The maximum Gasteiger partial charge on any atom is 0.118 e. The highest BCUT2D eigenvalue weighted by molar-refractivity contribution is 5.50. The molecule has 0 amide bonds. The Morgan fingerprint density at radius 2 is 1.74 bits per heavy atom. The molecule has 0 atom stereocenters. The summed E-state index contributed by atoms with van der Waals surface area (Å²) in [6.45, 7) is 3.29. The normalized spacial score (nSPS) is 10.4. The highest BCUT2D eigenvalue weighted by Crippen LogP contribution is 2.20. The van der Waals surface area contributed by atoms with Crippen molar-refractivity contribution in [2.45, 2.75) is 20.1 Å². The minimum atomic E-state index is 0.328. The van der Waals surface area contributed by atoms with Gasteiger partial charge in [0.15, 0.2) is 0 Å². The Labute approximate surface area is 113 Å². The Morgan fingerprint density at radius 1 is 1.05 bits per heavy atom. The van der Waals surface area contributed by atoms with Crippen LogP contribution in [0.1, 0.15) is 16.7 Å². The fourth-order valence-electron chi connectivity index (χ4n) is 1.89. The molecule has 2 rings (SSSR count). The molecule has 3 heteroatoms. The maximum atomic E-state index is 9.47. The van der Waals surface area contributed by atoms with E-state index >= 15 is 0 Å². The molecule has 0 fully saturated rings. The number of nitrogens with one attached hydrogen (secondary N) is 1. The molecule has 0 aromatic heterocycles. The number of benzene rings is 2. The molecule has 2 aromatic carbocycles. The van der Waals surface area contributed by atoms with Gasteiger partial charge in [-0.3, -0.25) is 0 Å². The first kappa shape index (κ1) is 13.4. The smallest absolute Gasteiger partial charge is 0.118 e. The summed E-state index contributed by atoms with van der Waals surface area (Å²) in [5, 5.41) is 12.8. The van der Waals surface area contributed by atoms with Crippen molar-refractivity contribution in [1.82, 2.24) is 0 Å². The van der Waals surface area contributed by atoms with Crippen molar-refractivity contribution in [2.24, 2.45) is 0 Å². The van der Waals surface area contributed by atoms with Gasteiger partial charge in [0, 0.05) is 19.3 Å². The number of phenols is 1. The fourth-order valence-corrected chi connectivity index (χ4v) is 1.89. The number of hydrogen-bond acceptors (Lipinski definition) is 3. The monoisotopic (exact) mass is 257 g/mol. The van der Waals surface area contributed by atoms with Gasteiger partial charge in [-0.25, -0.2) is 0 Å². The van der Waals surface area contributed by atoms with Crippen molar-refractivity contribution in [3.05, 3.63) is 59.2 Å². The standard InChI is InChI=1S/C16H19NO2/c1-12-9-15(7-8-16(12)18)17-10-13-3-5-14(6-4-13)11-19-2/h3-9,17-18H,10-11H2,1-2H3. The van der Waals surface area contributed by atoms with Crippen LogP contribution < -0.4 is 5.32 Å². The number of hydrogen-bond donors (Lipinski definition) is 2. The first-order valence-corrected chi connectivity index (χ1v) is 6.29. The molecule has 19 heavy (non-hydrogen) atoms. The van der Waals surface area contributed by atoms with Crippen LogP contribution in [0.4, 0.5) is 5.69 Å². The van der Waals surface area contributed by atoms with Gasteiger partial charge in [-0.2, -0.15) is 0 Å². The van der Waals surface area contributed by atoms with Crippen LogP contribution >= 0.6 is 0 Å². The molecule has 100 valence electrons. The molecule has 3 nitrogen and oxygen atoms in total. The predicted octanol–water partition coefficient (Wildman–Crippen LogP) is 3.46. The first-order chi connectivity index (χ1) is 9.19. The van der Waals surface area contributed by atoms with E-state index in [2.05, 4.69) is 29.6 Å². The van der Waals surface area contributed by atoms with Gasteiger partial charge in [-0.05, 0) is 41.8 Å². The number of ether oxygens (including phenoxy) is 1. The Kier molecular flexibility index (Phi) is 4.42. The third-order valence-corrected chi connectivity index (χ3v) is 3.03.